The number of non-ortho nitro benzene ring substituents is 1. The summed E-state index contributed by atoms with van der Waals surface area (Å²) in [5.41, 5.74) is -1.02. The highest BCUT2D eigenvalue weighted by Gasteiger charge is 2.32. The zero-order valence-electron chi connectivity index (χ0n) is 7.62. The van der Waals surface area contributed by atoms with Crippen molar-refractivity contribution >= 4 is 5.69 Å². The van der Waals surface area contributed by atoms with Crippen LogP contribution in [0.15, 0.2) is 18.2 Å². The van der Waals surface area contributed by atoms with Gasteiger partial charge in [-0.25, -0.2) is 4.39 Å². The van der Waals surface area contributed by atoms with E-state index in [0.29, 0.717) is 12.1 Å². The van der Waals surface area contributed by atoms with Gasteiger partial charge in [0.2, 0.25) is 0 Å². The smallest absolute Gasteiger partial charge is 0.405 e. The maximum atomic E-state index is 12.3. The highest BCUT2D eigenvalue weighted by Crippen LogP contribution is 2.29. The number of benzene rings is 1. The van der Waals surface area contributed by atoms with Crippen LogP contribution in [0.1, 0.15) is 5.56 Å². The molecule has 16 heavy (non-hydrogen) atoms. The topological polar surface area (TPSA) is 52.4 Å². The van der Waals surface area contributed by atoms with Crippen LogP contribution in [-0.4, -0.2) is 11.3 Å². The molecule has 0 N–H and O–H groups in total. The number of nitro groups is 1. The van der Waals surface area contributed by atoms with Gasteiger partial charge in [0.1, 0.15) is 12.4 Å². The van der Waals surface area contributed by atoms with Crippen molar-refractivity contribution in [2.24, 2.45) is 0 Å². The van der Waals surface area contributed by atoms with Crippen LogP contribution in [0.4, 0.5) is 23.2 Å². The highest BCUT2D eigenvalue weighted by molar-refractivity contribution is 5.43. The molecule has 0 aliphatic rings. The number of hydrogen-bond donors (Lipinski definition) is 0. The minimum atomic E-state index is -4.96. The van der Waals surface area contributed by atoms with Gasteiger partial charge in [-0.15, -0.1) is 13.2 Å². The molecule has 1 aromatic rings. The summed E-state index contributed by atoms with van der Waals surface area (Å²) in [4.78, 5) is 9.45. The minimum Gasteiger partial charge on any atom is -0.405 e. The standard InChI is InChI=1S/C8H5F4NO3/c9-4-5-3-6(13(14)15)1-2-7(5)16-8(10,11)12/h1-3H,4H2. The second-order valence-corrected chi connectivity index (χ2v) is 2.73. The molecule has 0 aliphatic heterocycles. The van der Waals surface area contributed by atoms with Gasteiger partial charge in [-0.2, -0.15) is 0 Å². The van der Waals surface area contributed by atoms with Gasteiger partial charge in [0.25, 0.3) is 5.69 Å². The molecule has 0 saturated carbocycles. The van der Waals surface area contributed by atoms with Crippen molar-refractivity contribution in [1.82, 2.24) is 0 Å². The lowest BCUT2D eigenvalue weighted by atomic mass is 10.2. The summed E-state index contributed by atoms with van der Waals surface area (Å²) in [6, 6.07) is 2.21. The summed E-state index contributed by atoms with van der Waals surface area (Å²) >= 11 is 0. The molecule has 0 amide bonds. The third kappa shape index (κ3) is 3.07. The molecule has 0 radical (unpaired) electrons. The van der Waals surface area contributed by atoms with Crippen LogP contribution in [0.3, 0.4) is 0 Å². The zero-order chi connectivity index (χ0) is 12.3. The number of nitro benzene ring substituents is 1. The first-order valence-corrected chi connectivity index (χ1v) is 3.92. The molecular formula is C8H5F4NO3. The van der Waals surface area contributed by atoms with E-state index in [4.69, 9.17) is 0 Å². The number of halogens is 4. The molecule has 1 aromatic carbocycles. The lowest BCUT2D eigenvalue weighted by Gasteiger charge is -2.11. The zero-order valence-corrected chi connectivity index (χ0v) is 7.62. The molecule has 0 bridgehead atoms. The lowest BCUT2D eigenvalue weighted by Crippen LogP contribution is -2.18. The molecule has 8 heteroatoms. The van der Waals surface area contributed by atoms with Crippen molar-refractivity contribution in [2.75, 3.05) is 0 Å². The van der Waals surface area contributed by atoms with Crippen LogP contribution in [0.25, 0.3) is 0 Å². The summed E-state index contributed by atoms with van der Waals surface area (Å²) in [5, 5.41) is 10.3. The maximum Gasteiger partial charge on any atom is 0.573 e. The molecule has 0 spiro atoms. The molecule has 4 nitrogen and oxygen atoms in total. The Balaban J connectivity index is 3.07. The fourth-order valence-electron chi connectivity index (χ4n) is 1.01. The van der Waals surface area contributed by atoms with Gasteiger partial charge >= 0.3 is 6.36 Å². The molecular weight excluding hydrogens is 234 g/mol. The predicted molar refractivity (Wildman–Crippen MR) is 44.6 cm³/mol. The van der Waals surface area contributed by atoms with Crippen molar-refractivity contribution in [3.05, 3.63) is 33.9 Å². The molecule has 0 saturated heterocycles. The van der Waals surface area contributed by atoms with E-state index >= 15 is 0 Å². The second-order valence-electron chi connectivity index (χ2n) is 2.73. The number of alkyl halides is 4. The van der Waals surface area contributed by atoms with Crippen molar-refractivity contribution < 1.29 is 27.2 Å². The Morgan fingerprint density at radius 1 is 1.38 bits per heavy atom. The first kappa shape index (κ1) is 12.2. The number of nitrogens with zero attached hydrogens (tertiary/aromatic N) is 1. The van der Waals surface area contributed by atoms with Crippen LogP contribution >= 0.6 is 0 Å². The van der Waals surface area contributed by atoms with E-state index in [-0.39, 0.29) is 0 Å². The Labute approximate surface area is 86.6 Å². The quantitative estimate of drug-likeness (QED) is 0.463. The third-order valence-corrected chi connectivity index (χ3v) is 1.62. The van der Waals surface area contributed by atoms with Gasteiger partial charge < -0.3 is 4.74 Å². The van der Waals surface area contributed by atoms with E-state index in [1.54, 1.807) is 0 Å². The van der Waals surface area contributed by atoms with Gasteiger partial charge in [-0.05, 0) is 6.07 Å². The Hall–Kier alpha value is -1.86. The maximum absolute atomic E-state index is 12.3. The van der Waals surface area contributed by atoms with Gasteiger partial charge in [0.05, 0.1) is 4.92 Å². The largest absolute Gasteiger partial charge is 0.573 e. The first-order valence-electron chi connectivity index (χ1n) is 3.92. The Morgan fingerprint density at radius 3 is 2.44 bits per heavy atom. The summed E-state index contributed by atoms with van der Waals surface area (Å²) in [5.74, 6) is -0.777. The van der Waals surface area contributed by atoms with Gasteiger partial charge in [-0.3, -0.25) is 10.1 Å². The molecule has 0 unspecified atom stereocenters. The van der Waals surface area contributed by atoms with Crippen molar-refractivity contribution in [3.8, 4) is 5.75 Å². The van der Waals surface area contributed by atoms with Gasteiger partial charge in [0.15, 0.2) is 0 Å². The predicted octanol–water partition coefficient (Wildman–Crippen LogP) is 2.96. The monoisotopic (exact) mass is 239 g/mol. The van der Waals surface area contributed by atoms with E-state index in [1.807, 2.05) is 0 Å². The molecule has 0 aromatic heterocycles. The highest BCUT2D eigenvalue weighted by atomic mass is 19.4. The third-order valence-electron chi connectivity index (χ3n) is 1.62. The van der Waals surface area contributed by atoms with Crippen LogP contribution < -0.4 is 4.74 Å². The fraction of sp³-hybridized carbons (Fsp3) is 0.250. The van der Waals surface area contributed by atoms with Crippen molar-refractivity contribution in [1.29, 1.82) is 0 Å². The van der Waals surface area contributed by atoms with Crippen LogP contribution in [-0.2, 0) is 6.67 Å². The van der Waals surface area contributed by atoms with Crippen LogP contribution in [0.5, 0.6) is 5.75 Å². The van der Waals surface area contributed by atoms with E-state index in [2.05, 4.69) is 4.74 Å². The van der Waals surface area contributed by atoms with E-state index in [1.165, 1.54) is 0 Å². The molecule has 0 aliphatic carbocycles. The van der Waals surface area contributed by atoms with Crippen LogP contribution in [0, 0.1) is 10.1 Å². The molecule has 0 atom stereocenters. The number of hydrogen-bond acceptors (Lipinski definition) is 3. The van der Waals surface area contributed by atoms with Gasteiger partial charge in [0, 0.05) is 17.7 Å². The normalized spacial score (nSPS) is 11.2. The number of ether oxygens (including phenoxy) is 1. The average Bonchev–Trinajstić information content (AvgIpc) is 2.15. The molecule has 88 valence electrons. The van der Waals surface area contributed by atoms with Gasteiger partial charge in [-0.1, -0.05) is 0 Å². The fourth-order valence-corrected chi connectivity index (χ4v) is 1.01. The van der Waals surface area contributed by atoms with E-state index in [0.717, 1.165) is 6.07 Å². The number of rotatable bonds is 3. The molecule has 0 fully saturated rings. The molecule has 1 rings (SSSR count). The second kappa shape index (κ2) is 4.33. The van der Waals surface area contributed by atoms with E-state index < -0.39 is 35.0 Å². The summed E-state index contributed by atoms with van der Waals surface area (Å²) in [6.07, 6.45) is -4.96. The Bertz CT molecular complexity index is 405. The SMILES string of the molecule is O=[N+]([O-])c1ccc(OC(F)(F)F)c(CF)c1. The summed E-state index contributed by atoms with van der Waals surface area (Å²) < 4.78 is 51.3. The Morgan fingerprint density at radius 2 is 2.00 bits per heavy atom. The van der Waals surface area contributed by atoms with E-state index in [9.17, 15) is 27.7 Å². The lowest BCUT2D eigenvalue weighted by molar-refractivity contribution is -0.385. The summed E-state index contributed by atoms with van der Waals surface area (Å²) in [7, 11) is 0. The minimum absolute atomic E-state index is 0.498. The summed E-state index contributed by atoms with van der Waals surface area (Å²) in [6.45, 7) is -1.28. The van der Waals surface area contributed by atoms with Crippen LogP contribution in [0.2, 0.25) is 0 Å². The average molecular weight is 239 g/mol. The first-order chi connectivity index (χ1) is 7.33. The molecule has 0 heterocycles. The van der Waals surface area contributed by atoms with Crippen molar-refractivity contribution in [2.45, 2.75) is 13.0 Å². The Kier molecular flexibility index (Phi) is 3.31. The van der Waals surface area contributed by atoms with Crippen molar-refractivity contribution in [3.63, 3.8) is 0 Å².